The summed E-state index contributed by atoms with van der Waals surface area (Å²) >= 11 is 1.70. The molecule has 0 radical (unpaired) electrons. The van der Waals surface area contributed by atoms with Crippen LogP contribution in [0, 0.1) is 5.41 Å². The van der Waals surface area contributed by atoms with E-state index in [1.54, 1.807) is 18.9 Å². The summed E-state index contributed by atoms with van der Waals surface area (Å²) in [6.45, 7) is 6.82. The van der Waals surface area contributed by atoms with Crippen molar-refractivity contribution in [1.82, 2.24) is 5.32 Å². The summed E-state index contributed by atoms with van der Waals surface area (Å²) in [5.74, 6) is 1.62. The van der Waals surface area contributed by atoms with Crippen LogP contribution < -0.4 is 5.32 Å². The normalized spacial score (nSPS) is 12.4. The summed E-state index contributed by atoms with van der Waals surface area (Å²) in [5, 5.41) is 6.26. The first-order valence-corrected chi connectivity index (χ1v) is 6.60. The summed E-state index contributed by atoms with van der Waals surface area (Å²) in [7, 11) is 3.18. The van der Waals surface area contributed by atoms with Gasteiger partial charge in [0.15, 0.2) is 0 Å². The lowest BCUT2D eigenvalue weighted by Gasteiger charge is -2.20. The third kappa shape index (κ3) is 8.04. The van der Waals surface area contributed by atoms with Crippen molar-refractivity contribution >= 4 is 23.6 Å². The standard InChI is InChI=1S/C11H22N2O3S/c1-11(2,3)9(8-17-7-6-15-5)13-16-10(14)12-4/h6-8H2,1-5H3,(H,12,14). The molecule has 100 valence electrons. The van der Waals surface area contributed by atoms with Crippen LogP contribution in [0.1, 0.15) is 20.8 Å². The fourth-order valence-corrected chi connectivity index (χ4v) is 1.94. The monoisotopic (exact) mass is 262 g/mol. The first kappa shape index (κ1) is 16.2. The maximum Gasteiger partial charge on any atom is 0.433 e. The molecular weight excluding hydrogens is 240 g/mol. The van der Waals surface area contributed by atoms with E-state index in [9.17, 15) is 4.79 Å². The molecule has 0 aliphatic heterocycles. The highest BCUT2D eigenvalue weighted by Gasteiger charge is 2.20. The quantitative estimate of drug-likeness (QED) is 0.345. The summed E-state index contributed by atoms with van der Waals surface area (Å²) in [6.07, 6.45) is -0.548. The number of nitrogens with zero attached hydrogens (tertiary/aromatic N) is 1. The van der Waals surface area contributed by atoms with E-state index in [0.717, 1.165) is 17.2 Å². The van der Waals surface area contributed by atoms with E-state index in [1.807, 2.05) is 20.8 Å². The maximum absolute atomic E-state index is 11.0. The molecule has 0 aliphatic rings. The second-order valence-electron chi connectivity index (χ2n) is 4.46. The Morgan fingerprint density at radius 3 is 2.53 bits per heavy atom. The van der Waals surface area contributed by atoms with Crippen LogP contribution in [0.2, 0.25) is 0 Å². The molecule has 0 rings (SSSR count). The van der Waals surface area contributed by atoms with Gasteiger partial charge >= 0.3 is 6.09 Å². The summed E-state index contributed by atoms with van der Waals surface area (Å²) in [6, 6.07) is 0. The van der Waals surface area contributed by atoms with Gasteiger partial charge in [0.2, 0.25) is 0 Å². The van der Waals surface area contributed by atoms with Gasteiger partial charge in [0.1, 0.15) is 0 Å². The molecule has 5 nitrogen and oxygen atoms in total. The molecule has 0 heterocycles. The first-order valence-electron chi connectivity index (χ1n) is 5.44. The minimum absolute atomic E-state index is 0.117. The molecule has 0 unspecified atom stereocenters. The van der Waals surface area contributed by atoms with E-state index in [-0.39, 0.29) is 5.41 Å². The smallest absolute Gasteiger partial charge is 0.384 e. The highest BCUT2D eigenvalue weighted by molar-refractivity contribution is 7.99. The molecule has 0 aromatic carbocycles. The SMILES string of the molecule is CNC(=O)ON=C(CSCCOC)C(C)(C)C. The third-order valence-corrected chi connectivity index (χ3v) is 2.91. The van der Waals surface area contributed by atoms with E-state index in [4.69, 9.17) is 9.57 Å². The topological polar surface area (TPSA) is 59.9 Å². The number of rotatable bonds is 6. The van der Waals surface area contributed by atoms with Gasteiger partial charge in [-0.05, 0) is 0 Å². The predicted molar refractivity (Wildman–Crippen MR) is 71.6 cm³/mol. The summed E-state index contributed by atoms with van der Waals surface area (Å²) in [4.78, 5) is 15.7. The van der Waals surface area contributed by atoms with Crippen molar-refractivity contribution in [3.63, 3.8) is 0 Å². The average molecular weight is 262 g/mol. The van der Waals surface area contributed by atoms with Crippen molar-refractivity contribution < 1.29 is 14.4 Å². The van der Waals surface area contributed by atoms with Gasteiger partial charge in [-0.2, -0.15) is 11.8 Å². The van der Waals surface area contributed by atoms with Crippen LogP contribution in [0.5, 0.6) is 0 Å². The molecule has 0 fully saturated rings. The number of nitrogens with one attached hydrogen (secondary N) is 1. The second-order valence-corrected chi connectivity index (χ2v) is 5.57. The van der Waals surface area contributed by atoms with E-state index < -0.39 is 6.09 Å². The molecule has 0 bridgehead atoms. The van der Waals surface area contributed by atoms with Crippen molar-refractivity contribution in [3.8, 4) is 0 Å². The number of ether oxygens (including phenoxy) is 1. The maximum atomic E-state index is 11.0. The highest BCUT2D eigenvalue weighted by Crippen LogP contribution is 2.19. The summed E-state index contributed by atoms with van der Waals surface area (Å²) < 4.78 is 4.97. The van der Waals surface area contributed by atoms with Gasteiger partial charge in [-0.3, -0.25) is 4.84 Å². The van der Waals surface area contributed by atoms with Crippen molar-refractivity contribution in [2.24, 2.45) is 10.6 Å². The Morgan fingerprint density at radius 1 is 1.41 bits per heavy atom. The predicted octanol–water partition coefficient (Wildman–Crippen LogP) is 2.12. The van der Waals surface area contributed by atoms with E-state index in [1.165, 1.54) is 7.05 Å². The number of hydrogen-bond acceptors (Lipinski definition) is 5. The molecule has 0 aliphatic carbocycles. The Kier molecular flexibility index (Phi) is 7.99. The Morgan fingerprint density at radius 2 is 2.06 bits per heavy atom. The van der Waals surface area contributed by atoms with Crippen LogP contribution in [-0.4, -0.2) is 44.1 Å². The van der Waals surface area contributed by atoms with Crippen LogP contribution >= 0.6 is 11.8 Å². The van der Waals surface area contributed by atoms with Gasteiger partial charge in [0, 0.05) is 31.1 Å². The zero-order valence-corrected chi connectivity index (χ0v) is 12.0. The average Bonchev–Trinajstić information content (AvgIpc) is 2.25. The van der Waals surface area contributed by atoms with Gasteiger partial charge in [-0.25, -0.2) is 4.79 Å². The number of carbonyl (C=O) groups excluding carboxylic acids is 1. The van der Waals surface area contributed by atoms with E-state index in [0.29, 0.717) is 6.61 Å². The molecule has 0 spiro atoms. The fourth-order valence-electron chi connectivity index (χ4n) is 0.833. The zero-order valence-electron chi connectivity index (χ0n) is 11.2. The fraction of sp³-hybridized carbons (Fsp3) is 0.818. The highest BCUT2D eigenvalue weighted by atomic mass is 32.2. The van der Waals surface area contributed by atoms with Gasteiger partial charge in [-0.15, -0.1) is 0 Å². The zero-order chi connectivity index (χ0) is 13.3. The molecule has 0 saturated heterocycles. The second kappa shape index (κ2) is 8.36. The Bertz CT molecular complexity index is 262. The largest absolute Gasteiger partial charge is 0.433 e. The van der Waals surface area contributed by atoms with Crippen LogP contribution in [0.4, 0.5) is 4.79 Å². The molecule has 17 heavy (non-hydrogen) atoms. The minimum Gasteiger partial charge on any atom is -0.384 e. The molecule has 0 saturated carbocycles. The number of thioether (sulfide) groups is 1. The molecule has 0 aromatic rings. The van der Waals surface area contributed by atoms with Crippen LogP contribution in [0.15, 0.2) is 5.16 Å². The molecule has 1 N–H and O–H groups in total. The Balaban J connectivity index is 4.29. The van der Waals surface area contributed by atoms with Gasteiger partial charge < -0.3 is 10.1 Å². The molecule has 1 amide bonds. The number of hydrogen-bond donors (Lipinski definition) is 1. The minimum atomic E-state index is -0.548. The number of carbonyl (C=O) groups is 1. The third-order valence-electron chi connectivity index (χ3n) is 1.98. The summed E-state index contributed by atoms with van der Waals surface area (Å²) in [5.41, 5.74) is 0.732. The van der Waals surface area contributed by atoms with Gasteiger partial charge in [0.25, 0.3) is 0 Å². The molecule has 0 atom stereocenters. The van der Waals surface area contributed by atoms with E-state index >= 15 is 0 Å². The lowest BCUT2D eigenvalue weighted by molar-refractivity contribution is 0.152. The number of oxime groups is 1. The molecule has 0 aromatic heterocycles. The van der Waals surface area contributed by atoms with E-state index in [2.05, 4.69) is 10.5 Å². The van der Waals surface area contributed by atoms with Crippen molar-refractivity contribution in [2.45, 2.75) is 20.8 Å². The van der Waals surface area contributed by atoms with Crippen molar-refractivity contribution in [1.29, 1.82) is 0 Å². The van der Waals surface area contributed by atoms with Gasteiger partial charge in [-0.1, -0.05) is 25.9 Å². The Labute approximate surface area is 107 Å². The van der Waals surface area contributed by atoms with Crippen molar-refractivity contribution in [2.75, 3.05) is 32.3 Å². The lowest BCUT2D eigenvalue weighted by Crippen LogP contribution is -2.25. The molecular formula is C11H22N2O3S. The van der Waals surface area contributed by atoms with Gasteiger partial charge in [0.05, 0.1) is 12.3 Å². The molecule has 6 heteroatoms. The van der Waals surface area contributed by atoms with Crippen LogP contribution in [0.3, 0.4) is 0 Å². The first-order chi connectivity index (χ1) is 7.91. The lowest BCUT2D eigenvalue weighted by atomic mass is 9.91. The number of methoxy groups -OCH3 is 1. The van der Waals surface area contributed by atoms with Crippen LogP contribution in [-0.2, 0) is 9.57 Å². The van der Waals surface area contributed by atoms with Crippen LogP contribution in [0.25, 0.3) is 0 Å². The Hall–Kier alpha value is -0.750. The van der Waals surface area contributed by atoms with Crippen molar-refractivity contribution in [3.05, 3.63) is 0 Å². The number of amides is 1.